The van der Waals surface area contributed by atoms with Crippen LogP contribution in [0.3, 0.4) is 0 Å². The van der Waals surface area contributed by atoms with Gasteiger partial charge in [-0.25, -0.2) is 0 Å². The van der Waals surface area contributed by atoms with E-state index in [-0.39, 0.29) is 0 Å². The van der Waals surface area contributed by atoms with Gasteiger partial charge in [0.15, 0.2) is 0 Å². The molecule has 0 aromatic carbocycles. The molecule has 4 atom stereocenters. The summed E-state index contributed by atoms with van der Waals surface area (Å²) >= 11 is 0. The molecule has 0 radical (unpaired) electrons. The molecule has 1 heteroatoms. The topological polar surface area (TPSA) is 9.23 Å². The minimum atomic E-state index is 0.647. The third-order valence-corrected chi connectivity index (χ3v) is 3.70. The summed E-state index contributed by atoms with van der Waals surface area (Å²) in [6.45, 7) is 6.44. The van der Waals surface area contributed by atoms with Crippen LogP contribution in [-0.4, -0.2) is 12.2 Å². The number of hydrogen-bond donors (Lipinski definition) is 0. The molecule has 1 saturated carbocycles. The molecule has 0 spiro atoms. The summed E-state index contributed by atoms with van der Waals surface area (Å²) in [6, 6.07) is 0. The van der Waals surface area contributed by atoms with Crippen molar-refractivity contribution in [3.63, 3.8) is 0 Å². The monoisotopic (exact) mass is 168 g/mol. The fourth-order valence-electron chi connectivity index (χ4n) is 2.96. The van der Waals surface area contributed by atoms with Crippen molar-refractivity contribution in [2.75, 3.05) is 0 Å². The number of rotatable bonds is 0. The Balaban J connectivity index is 0.000000264. The Kier molecular flexibility index (Phi) is 1.95. The van der Waals surface area contributed by atoms with E-state index in [4.69, 9.17) is 4.74 Å². The first-order chi connectivity index (χ1) is 5.78. The zero-order valence-electron chi connectivity index (χ0n) is 8.47. The number of ether oxygens (including phenoxy) is 1. The lowest BCUT2D eigenvalue weighted by Crippen LogP contribution is -2.24. The summed E-state index contributed by atoms with van der Waals surface area (Å²) in [5, 5.41) is 0. The maximum Gasteiger partial charge on any atom is 0.0613 e. The molecular weight excluding hydrogens is 148 g/mol. The van der Waals surface area contributed by atoms with E-state index >= 15 is 0 Å². The van der Waals surface area contributed by atoms with Gasteiger partial charge in [-0.3, -0.25) is 0 Å². The van der Waals surface area contributed by atoms with Crippen LogP contribution in [0.4, 0.5) is 0 Å². The maximum atomic E-state index is 5.82. The molecule has 70 valence electrons. The van der Waals surface area contributed by atoms with E-state index in [1.807, 2.05) is 13.8 Å². The van der Waals surface area contributed by atoms with Gasteiger partial charge in [-0.05, 0) is 37.0 Å². The van der Waals surface area contributed by atoms with Gasteiger partial charge in [0.05, 0.1) is 12.2 Å². The Hall–Kier alpha value is -0.0400. The highest BCUT2D eigenvalue weighted by molar-refractivity contribution is 5.09. The minimum absolute atomic E-state index is 0.647. The van der Waals surface area contributed by atoms with Gasteiger partial charge in [0.1, 0.15) is 0 Å². The van der Waals surface area contributed by atoms with Crippen LogP contribution in [0.15, 0.2) is 0 Å². The molecule has 2 saturated heterocycles. The highest BCUT2D eigenvalue weighted by atomic mass is 16.5. The molecular formula is C11H20O. The lowest BCUT2D eigenvalue weighted by atomic mass is 9.97. The van der Waals surface area contributed by atoms with Crippen LogP contribution in [-0.2, 0) is 4.74 Å². The zero-order chi connectivity index (χ0) is 8.77. The van der Waals surface area contributed by atoms with Crippen LogP contribution in [0.1, 0.15) is 46.5 Å². The van der Waals surface area contributed by atoms with E-state index in [0.717, 1.165) is 11.3 Å². The van der Waals surface area contributed by atoms with E-state index in [1.165, 1.54) is 25.7 Å². The van der Waals surface area contributed by atoms with Gasteiger partial charge in [0.2, 0.25) is 0 Å². The summed E-state index contributed by atoms with van der Waals surface area (Å²) in [5.41, 5.74) is 0.726. The first-order valence-corrected chi connectivity index (χ1v) is 5.43. The van der Waals surface area contributed by atoms with Crippen LogP contribution in [0.25, 0.3) is 0 Å². The largest absolute Gasteiger partial charge is 0.375 e. The van der Waals surface area contributed by atoms with Crippen LogP contribution < -0.4 is 0 Å². The third kappa shape index (κ3) is 1.10. The second kappa shape index (κ2) is 2.73. The van der Waals surface area contributed by atoms with Gasteiger partial charge >= 0.3 is 0 Å². The number of fused-ring (bicyclic) bond motifs is 4. The molecule has 3 rings (SSSR count). The fourth-order valence-corrected chi connectivity index (χ4v) is 2.96. The molecule has 0 N–H and O–H groups in total. The highest BCUT2D eigenvalue weighted by Crippen LogP contribution is 2.64. The smallest absolute Gasteiger partial charge is 0.0613 e. The standard InChI is InChI=1S/C9H14O.C2H6/c1-9-4-6-2-3-8(10-6)7(9)5-9;1-2/h6-8H,2-5H2,1H3;1-2H3. The van der Waals surface area contributed by atoms with Crippen molar-refractivity contribution >= 4 is 0 Å². The molecule has 2 bridgehead atoms. The predicted octanol–water partition coefficient (Wildman–Crippen LogP) is 2.99. The molecule has 0 amide bonds. The van der Waals surface area contributed by atoms with Crippen molar-refractivity contribution in [2.45, 2.75) is 58.7 Å². The Morgan fingerprint density at radius 1 is 1.17 bits per heavy atom. The van der Waals surface area contributed by atoms with Crippen molar-refractivity contribution in [1.29, 1.82) is 0 Å². The second-order valence-corrected chi connectivity index (χ2v) is 4.54. The Morgan fingerprint density at radius 3 is 2.67 bits per heavy atom. The van der Waals surface area contributed by atoms with Crippen LogP contribution in [0.2, 0.25) is 0 Å². The van der Waals surface area contributed by atoms with E-state index in [1.54, 1.807) is 0 Å². The Labute approximate surface area is 75.5 Å². The maximum absolute atomic E-state index is 5.82. The van der Waals surface area contributed by atoms with Gasteiger partial charge in [0, 0.05) is 0 Å². The van der Waals surface area contributed by atoms with E-state index in [2.05, 4.69) is 6.92 Å². The summed E-state index contributed by atoms with van der Waals surface area (Å²) in [6.07, 6.45) is 6.82. The molecule has 3 fully saturated rings. The molecule has 2 heterocycles. The van der Waals surface area contributed by atoms with Crippen molar-refractivity contribution in [2.24, 2.45) is 11.3 Å². The summed E-state index contributed by atoms with van der Waals surface area (Å²) in [7, 11) is 0. The van der Waals surface area contributed by atoms with Crippen molar-refractivity contribution < 1.29 is 4.74 Å². The molecule has 1 nitrogen and oxygen atoms in total. The van der Waals surface area contributed by atoms with Gasteiger partial charge in [-0.1, -0.05) is 20.8 Å². The van der Waals surface area contributed by atoms with Gasteiger partial charge in [0.25, 0.3) is 0 Å². The lowest BCUT2D eigenvalue weighted by molar-refractivity contribution is -0.0198. The SMILES string of the molecule is CC.CC12CC3CCC(O3)C1C2. The van der Waals surface area contributed by atoms with E-state index < -0.39 is 0 Å². The lowest BCUT2D eigenvalue weighted by Gasteiger charge is -2.24. The third-order valence-electron chi connectivity index (χ3n) is 3.70. The molecule has 0 aromatic heterocycles. The van der Waals surface area contributed by atoms with Gasteiger partial charge < -0.3 is 4.74 Å². The number of hydrogen-bond acceptors (Lipinski definition) is 1. The van der Waals surface area contributed by atoms with Crippen molar-refractivity contribution in [1.82, 2.24) is 0 Å². The first kappa shape index (κ1) is 8.55. The molecule has 4 unspecified atom stereocenters. The second-order valence-electron chi connectivity index (χ2n) is 4.54. The summed E-state index contributed by atoms with van der Waals surface area (Å²) in [4.78, 5) is 0. The molecule has 1 aliphatic carbocycles. The van der Waals surface area contributed by atoms with Crippen molar-refractivity contribution in [3.05, 3.63) is 0 Å². The fraction of sp³-hybridized carbons (Fsp3) is 1.00. The average Bonchev–Trinajstić information content (AvgIpc) is 2.58. The normalized spacial score (nSPS) is 53.8. The summed E-state index contributed by atoms with van der Waals surface area (Å²) < 4.78 is 5.82. The van der Waals surface area contributed by atoms with Crippen LogP contribution in [0, 0.1) is 11.3 Å². The Bertz CT molecular complexity index is 176. The molecule has 2 aliphatic heterocycles. The minimum Gasteiger partial charge on any atom is -0.375 e. The Morgan fingerprint density at radius 2 is 1.92 bits per heavy atom. The van der Waals surface area contributed by atoms with E-state index in [9.17, 15) is 0 Å². The molecule has 3 aliphatic rings. The van der Waals surface area contributed by atoms with Gasteiger partial charge in [-0.2, -0.15) is 0 Å². The predicted molar refractivity (Wildman–Crippen MR) is 50.1 cm³/mol. The zero-order valence-corrected chi connectivity index (χ0v) is 8.47. The quantitative estimate of drug-likeness (QED) is 0.540. The van der Waals surface area contributed by atoms with Gasteiger partial charge in [-0.15, -0.1) is 0 Å². The van der Waals surface area contributed by atoms with Crippen molar-refractivity contribution in [3.8, 4) is 0 Å². The summed E-state index contributed by atoms with van der Waals surface area (Å²) in [5.74, 6) is 0.950. The molecule has 12 heavy (non-hydrogen) atoms. The molecule has 0 aromatic rings. The first-order valence-electron chi connectivity index (χ1n) is 5.43. The van der Waals surface area contributed by atoms with Crippen LogP contribution >= 0.6 is 0 Å². The van der Waals surface area contributed by atoms with E-state index in [0.29, 0.717) is 12.2 Å². The van der Waals surface area contributed by atoms with Crippen LogP contribution in [0.5, 0.6) is 0 Å². The highest BCUT2D eigenvalue weighted by Gasteiger charge is 2.60. The average molecular weight is 168 g/mol.